The fourth-order valence-corrected chi connectivity index (χ4v) is 3.61. The highest BCUT2D eigenvalue weighted by atomic mass is 32.1. The van der Waals surface area contributed by atoms with Gasteiger partial charge in [-0.1, -0.05) is 17.4 Å². The molecule has 7 heteroatoms. The van der Waals surface area contributed by atoms with E-state index in [1.54, 1.807) is 14.2 Å². The van der Waals surface area contributed by atoms with E-state index in [9.17, 15) is 0 Å². The lowest BCUT2D eigenvalue weighted by Gasteiger charge is -2.14. The minimum absolute atomic E-state index is 0.172. The van der Waals surface area contributed by atoms with Crippen molar-refractivity contribution in [1.29, 1.82) is 5.41 Å². The number of ether oxygens (including phenoxy) is 2. The van der Waals surface area contributed by atoms with Gasteiger partial charge in [0.25, 0.3) is 0 Å². The van der Waals surface area contributed by atoms with E-state index < -0.39 is 0 Å². The zero-order valence-corrected chi connectivity index (χ0v) is 16.1. The third-order valence-corrected chi connectivity index (χ3v) is 5.14. The average molecular weight is 370 g/mol. The van der Waals surface area contributed by atoms with E-state index >= 15 is 0 Å². The first-order valence-corrected chi connectivity index (χ1v) is 9.00. The van der Waals surface area contributed by atoms with Crippen molar-refractivity contribution >= 4 is 32.6 Å². The molecule has 1 heterocycles. The molecule has 0 aliphatic heterocycles. The maximum absolute atomic E-state index is 8.15. The third-order valence-electron chi connectivity index (χ3n) is 4.21. The van der Waals surface area contributed by atoms with Crippen LogP contribution in [0, 0.1) is 19.3 Å². The molecule has 0 aliphatic rings. The summed E-state index contributed by atoms with van der Waals surface area (Å²) >= 11 is 1.53. The molecule has 0 amide bonds. The number of fused-ring (bicyclic) bond motifs is 1. The maximum Gasteiger partial charge on any atom is 0.195 e. The lowest BCUT2D eigenvalue weighted by Crippen LogP contribution is -2.29. The highest BCUT2D eigenvalue weighted by Gasteiger charge is 2.11. The Hall–Kier alpha value is -2.80. The first kappa shape index (κ1) is 18.0. The summed E-state index contributed by atoms with van der Waals surface area (Å²) in [5, 5.41) is 14.9. The van der Waals surface area contributed by atoms with E-state index in [1.807, 2.05) is 18.2 Å². The molecule has 26 heavy (non-hydrogen) atoms. The van der Waals surface area contributed by atoms with Crippen molar-refractivity contribution in [2.24, 2.45) is 0 Å². The van der Waals surface area contributed by atoms with Gasteiger partial charge < -0.3 is 20.1 Å². The minimum Gasteiger partial charge on any atom is -0.496 e. The zero-order chi connectivity index (χ0) is 18.7. The molecule has 136 valence electrons. The lowest BCUT2D eigenvalue weighted by atomic mass is 10.1. The van der Waals surface area contributed by atoms with Crippen LogP contribution in [-0.2, 0) is 6.54 Å². The molecule has 0 atom stereocenters. The molecule has 3 rings (SSSR count). The summed E-state index contributed by atoms with van der Waals surface area (Å²) in [5.41, 5.74) is 4.26. The average Bonchev–Trinajstić information content (AvgIpc) is 3.00. The maximum atomic E-state index is 8.15. The fraction of sp³-hybridized carbons (Fsp3) is 0.263. The molecule has 0 saturated carbocycles. The van der Waals surface area contributed by atoms with E-state index in [0.717, 1.165) is 27.3 Å². The van der Waals surface area contributed by atoms with Crippen LogP contribution in [0.2, 0.25) is 0 Å². The van der Waals surface area contributed by atoms with Crippen LogP contribution in [0.15, 0.2) is 30.3 Å². The predicted octanol–water partition coefficient (Wildman–Crippen LogP) is 4.07. The number of hydrogen-bond acceptors (Lipinski definition) is 5. The van der Waals surface area contributed by atoms with Gasteiger partial charge in [0, 0.05) is 0 Å². The third kappa shape index (κ3) is 3.72. The van der Waals surface area contributed by atoms with Gasteiger partial charge in [-0.05, 0) is 49.2 Å². The Kier molecular flexibility index (Phi) is 5.27. The van der Waals surface area contributed by atoms with Gasteiger partial charge >= 0.3 is 0 Å². The van der Waals surface area contributed by atoms with Gasteiger partial charge in [-0.2, -0.15) is 0 Å². The van der Waals surface area contributed by atoms with E-state index in [2.05, 4.69) is 41.6 Å². The summed E-state index contributed by atoms with van der Waals surface area (Å²) in [7, 11) is 3.24. The quantitative estimate of drug-likeness (QED) is 0.466. The Morgan fingerprint density at radius 3 is 2.42 bits per heavy atom. The molecule has 0 unspecified atom stereocenters. The van der Waals surface area contributed by atoms with Crippen molar-refractivity contribution in [1.82, 2.24) is 10.3 Å². The molecule has 0 aliphatic carbocycles. The van der Waals surface area contributed by atoms with Gasteiger partial charge in [-0.3, -0.25) is 5.41 Å². The smallest absolute Gasteiger partial charge is 0.195 e. The second-order valence-corrected chi connectivity index (χ2v) is 6.95. The number of aryl methyl sites for hydroxylation is 2. The number of anilines is 1. The van der Waals surface area contributed by atoms with Crippen LogP contribution in [0.25, 0.3) is 10.2 Å². The van der Waals surface area contributed by atoms with Crippen LogP contribution in [0.4, 0.5) is 5.13 Å². The number of benzene rings is 2. The molecule has 3 N–H and O–H groups in total. The van der Waals surface area contributed by atoms with Crippen molar-refractivity contribution in [2.75, 3.05) is 19.5 Å². The Morgan fingerprint density at radius 2 is 1.77 bits per heavy atom. The summed E-state index contributed by atoms with van der Waals surface area (Å²) in [4.78, 5) is 4.55. The van der Waals surface area contributed by atoms with Gasteiger partial charge in [0.05, 0.1) is 36.5 Å². The summed E-state index contributed by atoms with van der Waals surface area (Å²) in [6, 6.07) is 9.81. The summed E-state index contributed by atoms with van der Waals surface area (Å²) < 4.78 is 11.9. The standard InChI is InChI=1S/C19H22N4O2S/c1-11-8-14-17(9-12(11)2)26-19(22-14)23-18(20)21-10-13-15(24-3)6-5-7-16(13)25-4/h5-9H,10H2,1-4H3,(H3,20,21,22,23). The highest BCUT2D eigenvalue weighted by molar-refractivity contribution is 7.22. The topological polar surface area (TPSA) is 79.3 Å². The molecule has 3 aromatic rings. The van der Waals surface area contributed by atoms with Gasteiger partial charge in [-0.25, -0.2) is 4.98 Å². The molecular formula is C19H22N4O2S. The summed E-state index contributed by atoms with van der Waals surface area (Å²) in [6.07, 6.45) is 0. The number of methoxy groups -OCH3 is 2. The molecule has 0 radical (unpaired) electrons. The Bertz CT molecular complexity index is 891. The predicted molar refractivity (Wildman–Crippen MR) is 107 cm³/mol. The van der Waals surface area contributed by atoms with Crippen molar-refractivity contribution in [2.45, 2.75) is 20.4 Å². The van der Waals surface area contributed by atoms with E-state index in [-0.39, 0.29) is 5.96 Å². The monoisotopic (exact) mass is 370 g/mol. The molecule has 0 fully saturated rings. The SMILES string of the molecule is COc1cccc(OC)c1CNC(=N)Nc1nc2cc(C)c(C)cc2s1. The number of thiazole rings is 1. The van der Waals surface area contributed by atoms with Gasteiger partial charge in [-0.15, -0.1) is 0 Å². The van der Waals surface area contributed by atoms with Crippen LogP contribution in [0.5, 0.6) is 11.5 Å². The molecule has 0 saturated heterocycles. The lowest BCUT2D eigenvalue weighted by molar-refractivity contribution is 0.384. The first-order chi connectivity index (χ1) is 12.5. The second kappa shape index (κ2) is 7.61. The first-order valence-electron chi connectivity index (χ1n) is 8.19. The zero-order valence-electron chi connectivity index (χ0n) is 15.3. The van der Waals surface area contributed by atoms with Gasteiger partial charge in [0.2, 0.25) is 0 Å². The minimum atomic E-state index is 0.172. The van der Waals surface area contributed by atoms with Crippen molar-refractivity contribution in [3.63, 3.8) is 0 Å². The largest absolute Gasteiger partial charge is 0.496 e. The summed E-state index contributed by atoms with van der Waals surface area (Å²) in [6.45, 7) is 4.57. The Balaban J connectivity index is 1.70. The fourth-order valence-electron chi connectivity index (χ4n) is 2.66. The van der Waals surface area contributed by atoms with Crippen LogP contribution < -0.4 is 20.1 Å². The van der Waals surface area contributed by atoms with Crippen molar-refractivity contribution in [3.05, 3.63) is 47.0 Å². The molecule has 2 aromatic carbocycles. The number of rotatable bonds is 5. The van der Waals surface area contributed by atoms with Crippen LogP contribution in [-0.4, -0.2) is 25.2 Å². The van der Waals surface area contributed by atoms with Crippen LogP contribution >= 0.6 is 11.3 Å². The van der Waals surface area contributed by atoms with Crippen molar-refractivity contribution in [3.8, 4) is 11.5 Å². The van der Waals surface area contributed by atoms with E-state index in [4.69, 9.17) is 14.9 Å². The van der Waals surface area contributed by atoms with E-state index in [0.29, 0.717) is 11.7 Å². The molecule has 6 nitrogen and oxygen atoms in total. The normalized spacial score (nSPS) is 10.6. The van der Waals surface area contributed by atoms with Gasteiger partial charge in [0.15, 0.2) is 11.1 Å². The number of nitrogens with zero attached hydrogens (tertiary/aromatic N) is 1. The number of aromatic nitrogens is 1. The highest BCUT2D eigenvalue weighted by Crippen LogP contribution is 2.29. The number of nitrogens with one attached hydrogen (secondary N) is 3. The van der Waals surface area contributed by atoms with Crippen LogP contribution in [0.1, 0.15) is 16.7 Å². The van der Waals surface area contributed by atoms with Crippen molar-refractivity contribution < 1.29 is 9.47 Å². The number of guanidine groups is 1. The Morgan fingerprint density at radius 1 is 1.12 bits per heavy atom. The van der Waals surface area contributed by atoms with Gasteiger partial charge in [0.1, 0.15) is 11.5 Å². The molecule has 1 aromatic heterocycles. The van der Waals surface area contributed by atoms with E-state index in [1.165, 1.54) is 22.5 Å². The molecule has 0 spiro atoms. The number of hydrogen-bond donors (Lipinski definition) is 3. The molecule has 0 bridgehead atoms. The molecular weight excluding hydrogens is 348 g/mol. The summed E-state index contributed by atoms with van der Waals surface area (Å²) in [5.74, 6) is 1.61. The Labute approximate surface area is 156 Å². The van der Waals surface area contributed by atoms with Crippen LogP contribution in [0.3, 0.4) is 0 Å². The second-order valence-electron chi connectivity index (χ2n) is 5.92.